The third-order valence-corrected chi connectivity index (χ3v) is 6.20. The van der Waals surface area contributed by atoms with Gasteiger partial charge in [0, 0.05) is 31.6 Å². The van der Waals surface area contributed by atoms with Crippen LogP contribution in [0, 0.1) is 17.8 Å². The maximum absolute atomic E-state index is 12.9. The molecular formula is C19H36ClN3O. The summed E-state index contributed by atoms with van der Waals surface area (Å²) in [5.41, 5.74) is 0. The minimum Gasteiger partial charge on any atom is -0.342 e. The van der Waals surface area contributed by atoms with Crippen molar-refractivity contribution in [3.63, 3.8) is 0 Å². The van der Waals surface area contributed by atoms with Crippen molar-refractivity contribution >= 4 is 18.3 Å². The number of likely N-dealkylation sites (tertiary alicyclic amines) is 2. The molecule has 3 fully saturated rings. The molecule has 140 valence electrons. The zero-order valence-electron chi connectivity index (χ0n) is 15.5. The van der Waals surface area contributed by atoms with Crippen molar-refractivity contribution in [2.24, 2.45) is 17.8 Å². The van der Waals surface area contributed by atoms with E-state index in [0.29, 0.717) is 17.9 Å². The molecule has 3 rings (SSSR count). The van der Waals surface area contributed by atoms with Crippen molar-refractivity contribution in [1.29, 1.82) is 0 Å². The zero-order chi connectivity index (χ0) is 16.2. The molecule has 0 radical (unpaired) electrons. The van der Waals surface area contributed by atoms with Crippen LogP contribution in [0.4, 0.5) is 0 Å². The molecule has 4 nitrogen and oxygen atoms in total. The third-order valence-electron chi connectivity index (χ3n) is 6.20. The minimum absolute atomic E-state index is 0. The number of carbonyl (C=O) groups excluding carboxylic acids is 1. The lowest BCUT2D eigenvalue weighted by Gasteiger charge is -2.39. The van der Waals surface area contributed by atoms with Gasteiger partial charge in [0.2, 0.25) is 5.91 Å². The van der Waals surface area contributed by atoms with Crippen molar-refractivity contribution in [3.8, 4) is 0 Å². The highest BCUT2D eigenvalue weighted by atomic mass is 35.5. The quantitative estimate of drug-likeness (QED) is 0.843. The van der Waals surface area contributed by atoms with Crippen molar-refractivity contribution in [1.82, 2.24) is 15.1 Å². The number of nitrogens with zero attached hydrogens (tertiary/aromatic N) is 2. The number of hydrogen-bond acceptors (Lipinski definition) is 3. The molecule has 1 unspecified atom stereocenters. The van der Waals surface area contributed by atoms with Gasteiger partial charge in [-0.15, -0.1) is 12.4 Å². The predicted octanol–water partition coefficient (Wildman–Crippen LogP) is 2.77. The van der Waals surface area contributed by atoms with Crippen LogP contribution in [-0.4, -0.2) is 61.0 Å². The molecule has 0 aromatic heterocycles. The van der Waals surface area contributed by atoms with Gasteiger partial charge < -0.3 is 15.1 Å². The van der Waals surface area contributed by atoms with Crippen LogP contribution in [0.2, 0.25) is 0 Å². The van der Waals surface area contributed by atoms with Gasteiger partial charge >= 0.3 is 0 Å². The second-order valence-electron chi connectivity index (χ2n) is 8.35. The smallest absolute Gasteiger partial charge is 0.225 e. The molecule has 0 spiro atoms. The number of amides is 1. The van der Waals surface area contributed by atoms with Crippen LogP contribution in [0.1, 0.15) is 52.4 Å². The third kappa shape index (κ3) is 5.34. The number of nitrogens with one attached hydrogen (secondary N) is 1. The fourth-order valence-corrected chi connectivity index (χ4v) is 4.64. The van der Waals surface area contributed by atoms with E-state index in [2.05, 4.69) is 29.0 Å². The Balaban J connectivity index is 0.00000208. The molecule has 0 bridgehead atoms. The molecule has 24 heavy (non-hydrogen) atoms. The SMILES string of the molecule is CC1CCN(CC2CCCN(C(=O)[C@H]3CCN[C@@H](C)C3)C2)CC1.Cl. The molecule has 0 aromatic rings. The van der Waals surface area contributed by atoms with Gasteiger partial charge in [0.05, 0.1) is 0 Å². The second kappa shape index (κ2) is 9.40. The van der Waals surface area contributed by atoms with Gasteiger partial charge in [-0.3, -0.25) is 4.79 Å². The standard InChI is InChI=1S/C19H35N3O.ClH/c1-15-6-10-21(11-7-15)13-17-4-3-9-22(14-17)19(23)18-5-8-20-16(2)12-18;/h15-18,20H,3-14H2,1-2H3;1H/t16-,17?,18-;/m0./s1. The molecule has 3 aliphatic heterocycles. The van der Waals surface area contributed by atoms with Gasteiger partial charge in [-0.05, 0) is 76.9 Å². The monoisotopic (exact) mass is 357 g/mol. The fourth-order valence-electron chi connectivity index (χ4n) is 4.64. The van der Waals surface area contributed by atoms with Crippen LogP contribution < -0.4 is 5.32 Å². The largest absolute Gasteiger partial charge is 0.342 e. The fraction of sp³-hybridized carbons (Fsp3) is 0.947. The van der Waals surface area contributed by atoms with E-state index in [-0.39, 0.29) is 18.3 Å². The van der Waals surface area contributed by atoms with Gasteiger partial charge in [-0.2, -0.15) is 0 Å². The topological polar surface area (TPSA) is 35.6 Å². The maximum atomic E-state index is 12.9. The Morgan fingerprint density at radius 1 is 1.08 bits per heavy atom. The minimum atomic E-state index is 0. The normalized spacial score (nSPS) is 33.1. The molecule has 3 aliphatic rings. The Morgan fingerprint density at radius 2 is 1.83 bits per heavy atom. The van der Waals surface area contributed by atoms with Gasteiger partial charge in [0.1, 0.15) is 0 Å². The van der Waals surface area contributed by atoms with Gasteiger partial charge in [0.25, 0.3) is 0 Å². The Hall–Kier alpha value is -0.320. The van der Waals surface area contributed by atoms with Crippen molar-refractivity contribution in [2.45, 2.75) is 58.4 Å². The molecule has 1 N–H and O–H groups in total. The summed E-state index contributed by atoms with van der Waals surface area (Å²) >= 11 is 0. The molecule has 3 heterocycles. The molecule has 0 saturated carbocycles. The average molecular weight is 358 g/mol. The summed E-state index contributed by atoms with van der Waals surface area (Å²) < 4.78 is 0. The van der Waals surface area contributed by atoms with Crippen molar-refractivity contribution < 1.29 is 4.79 Å². The lowest BCUT2D eigenvalue weighted by molar-refractivity contribution is -0.138. The molecule has 0 aliphatic carbocycles. The number of halogens is 1. The predicted molar refractivity (Wildman–Crippen MR) is 102 cm³/mol. The van der Waals surface area contributed by atoms with E-state index >= 15 is 0 Å². The summed E-state index contributed by atoms with van der Waals surface area (Å²) in [5.74, 6) is 2.30. The first kappa shape index (κ1) is 20.0. The van der Waals surface area contributed by atoms with E-state index in [1.807, 2.05) is 0 Å². The first-order valence-corrected chi connectivity index (χ1v) is 9.86. The number of hydrogen-bond donors (Lipinski definition) is 1. The van der Waals surface area contributed by atoms with Crippen molar-refractivity contribution in [2.75, 3.05) is 39.3 Å². The summed E-state index contributed by atoms with van der Waals surface area (Å²) in [6, 6.07) is 0.494. The van der Waals surface area contributed by atoms with Crippen LogP contribution >= 0.6 is 12.4 Å². The number of piperidine rings is 3. The summed E-state index contributed by atoms with van der Waals surface area (Å²) in [6.07, 6.45) is 7.24. The van der Waals surface area contributed by atoms with E-state index in [1.165, 1.54) is 45.3 Å². The molecule has 3 atom stereocenters. The average Bonchev–Trinajstić information content (AvgIpc) is 2.56. The Labute approximate surface area is 154 Å². The van der Waals surface area contributed by atoms with Gasteiger partial charge in [-0.25, -0.2) is 0 Å². The lowest BCUT2D eigenvalue weighted by atomic mass is 9.89. The number of rotatable bonds is 3. The van der Waals surface area contributed by atoms with E-state index in [9.17, 15) is 4.79 Å². The van der Waals surface area contributed by atoms with Gasteiger partial charge in [-0.1, -0.05) is 6.92 Å². The van der Waals surface area contributed by atoms with Crippen LogP contribution in [0.3, 0.4) is 0 Å². The van der Waals surface area contributed by atoms with E-state index in [4.69, 9.17) is 0 Å². The Morgan fingerprint density at radius 3 is 2.54 bits per heavy atom. The summed E-state index contributed by atoms with van der Waals surface area (Å²) in [5, 5.41) is 3.46. The highest BCUT2D eigenvalue weighted by molar-refractivity contribution is 5.85. The maximum Gasteiger partial charge on any atom is 0.225 e. The highest BCUT2D eigenvalue weighted by Crippen LogP contribution is 2.25. The summed E-state index contributed by atoms with van der Waals surface area (Å²) in [7, 11) is 0. The van der Waals surface area contributed by atoms with Crippen molar-refractivity contribution in [3.05, 3.63) is 0 Å². The van der Waals surface area contributed by atoms with E-state index in [0.717, 1.165) is 38.4 Å². The summed E-state index contributed by atoms with van der Waals surface area (Å²) in [4.78, 5) is 17.7. The van der Waals surface area contributed by atoms with E-state index < -0.39 is 0 Å². The molecular weight excluding hydrogens is 322 g/mol. The first-order chi connectivity index (χ1) is 11.1. The van der Waals surface area contributed by atoms with Crippen LogP contribution in [0.25, 0.3) is 0 Å². The molecule has 3 saturated heterocycles. The Kier molecular flexibility index (Phi) is 7.83. The first-order valence-electron chi connectivity index (χ1n) is 9.86. The highest BCUT2D eigenvalue weighted by Gasteiger charge is 2.32. The van der Waals surface area contributed by atoms with Crippen LogP contribution in [0.5, 0.6) is 0 Å². The van der Waals surface area contributed by atoms with Crippen LogP contribution in [0.15, 0.2) is 0 Å². The Bertz CT molecular complexity index is 398. The second-order valence-corrected chi connectivity index (χ2v) is 8.35. The number of carbonyl (C=O) groups is 1. The summed E-state index contributed by atoms with van der Waals surface area (Å²) in [6.45, 7) is 11.3. The molecule has 0 aromatic carbocycles. The zero-order valence-corrected chi connectivity index (χ0v) is 16.3. The molecule has 1 amide bonds. The molecule has 5 heteroatoms. The van der Waals surface area contributed by atoms with E-state index in [1.54, 1.807) is 0 Å². The van der Waals surface area contributed by atoms with Gasteiger partial charge in [0.15, 0.2) is 0 Å². The lowest BCUT2D eigenvalue weighted by Crippen LogP contribution is -2.49. The van der Waals surface area contributed by atoms with Crippen LogP contribution in [-0.2, 0) is 4.79 Å².